The van der Waals surface area contributed by atoms with Crippen molar-refractivity contribution < 1.29 is 9.47 Å². The third-order valence-electron chi connectivity index (χ3n) is 2.75. The van der Waals surface area contributed by atoms with Crippen molar-refractivity contribution in [3.63, 3.8) is 0 Å². The summed E-state index contributed by atoms with van der Waals surface area (Å²) < 4.78 is 10.9. The molecular weight excluding hydrogens is 333 g/mol. The third-order valence-corrected chi connectivity index (χ3v) is 2.75. The molecule has 1 aliphatic heterocycles. The molecule has 5 nitrogen and oxygen atoms in total. The fourth-order valence-corrected chi connectivity index (χ4v) is 1.48. The van der Waals surface area contributed by atoms with E-state index in [1.807, 2.05) is 6.92 Å². The van der Waals surface area contributed by atoms with Crippen molar-refractivity contribution >= 4 is 29.9 Å². The second-order valence-corrected chi connectivity index (χ2v) is 4.30. The molecule has 1 aliphatic rings. The monoisotopic (exact) mass is 357 g/mol. The fourth-order valence-electron chi connectivity index (χ4n) is 1.48. The molecule has 0 bridgehead atoms. The molecular formula is C11H24IN3O2. The molecule has 0 aromatic carbocycles. The molecule has 0 aromatic rings. The van der Waals surface area contributed by atoms with E-state index in [-0.39, 0.29) is 24.0 Å². The van der Waals surface area contributed by atoms with Crippen LogP contribution in [0.1, 0.15) is 33.6 Å². The Labute approximate surface area is 121 Å². The highest BCUT2D eigenvalue weighted by Crippen LogP contribution is 2.22. The molecule has 1 unspecified atom stereocenters. The van der Waals surface area contributed by atoms with Crippen molar-refractivity contribution in [3.8, 4) is 0 Å². The summed E-state index contributed by atoms with van der Waals surface area (Å²) in [7, 11) is 0. The van der Waals surface area contributed by atoms with Gasteiger partial charge in [0.2, 0.25) is 0 Å². The van der Waals surface area contributed by atoms with Gasteiger partial charge in [-0.3, -0.25) is 4.99 Å². The lowest BCUT2D eigenvalue weighted by atomic mass is 10.2. The number of ether oxygens (including phenoxy) is 2. The standard InChI is InChI=1S/C11H23N3O2.HI/c1-4-9(2)14-10(12)13-6-5-11(3)15-7-8-16-11;/h9H,4-8H2,1-3H3,(H3,12,13,14);1H. The van der Waals surface area contributed by atoms with Gasteiger partial charge in [0.05, 0.1) is 13.2 Å². The van der Waals surface area contributed by atoms with Crippen molar-refractivity contribution in [2.45, 2.75) is 45.4 Å². The van der Waals surface area contributed by atoms with Crippen molar-refractivity contribution in [2.24, 2.45) is 10.7 Å². The van der Waals surface area contributed by atoms with Crippen LogP contribution in [0.25, 0.3) is 0 Å². The number of nitrogens with two attached hydrogens (primary N) is 1. The maximum atomic E-state index is 5.74. The van der Waals surface area contributed by atoms with Gasteiger partial charge in [0.25, 0.3) is 0 Å². The second kappa shape index (κ2) is 8.10. The van der Waals surface area contributed by atoms with Gasteiger partial charge in [-0.25, -0.2) is 0 Å². The predicted molar refractivity (Wildman–Crippen MR) is 79.7 cm³/mol. The molecule has 102 valence electrons. The summed E-state index contributed by atoms with van der Waals surface area (Å²) in [6.45, 7) is 8.07. The first-order valence-corrected chi connectivity index (χ1v) is 5.90. The lowest BCUT2D eigenvalue weighted by Crippen LogP contribution is -2.38. The molecule has 6 heteroatoms. The quantitative estimate of drug-likeness (QED) is 0.444. The third kappa shape index (κ3) is 6.42. The van der Waals surface area contributed by atoms with Crippen LogP contribution < -0.4 is 11.1 Å². The highest BCUT2D eigenvalue weighted by molar-refractivity contribution is 14.0. The van der Waals surface area contributed by atoms with Crippen LogP contribution in [0, 0.1) is 0 Å². The zero-order chi connectivity index (χ0) is 12.0. The van der Waals surface area contributed by atoms with Gasteiger partial charge in [0.15, 0.2) is 11.7 Å². The molecule has 0 amide bonds. The van der Waals surface area contributed by atoms with Gasteiger partial charge in [-0.15, -0.1) is 24.0 Å². The van der Waals surface area contributed by atoms with Crippen LogP contribution in [0.5, 0.6) is 0 Å². The Morgan fingerprint density at radius 2 is 2.06 bits per heavy atom. The van der Waals surface area contributed by atoms with Gasteiger partial charge in [0.1, 0.15) is 0 Å². The van der Waals surface area contributed by atoms with Crippen molar-refractivity contribution in [2.75, 3.05) is 19.8 Å². The highest BCUT2D eigenvalue weighted by Gasteiger charge is 2.30. The molecule has 0 aromatic heterocycles. The fraction of sp³-hybridized carbons (Fsp3) is 0.909. The zero-order valence-electron chi connectivity index (χ0n) is 10.9. The van der Waals surface area contributed by atoms with Crippen molar-refractivity contribution in [1.29, 1.82) is 0 Å². The summed E-state index contributed by atoms with van der Waals surface area (Å²) >= 11 is 0. The van der Waals surface area contributed by atoms with Crippen LogP contribution in [0.2, 0.25) is 0 Å². The summed E-state index contributed by atoms with van der Waals surface area (Å²) in [5, 5.41) is 3.11. The van der Waals surface area contributed by atoms with Crippen LogP contribution in [-0.2, 0) is 9.47 Å². The van der Waals surface area contributed by atoms with Gasteiger partial charge in [0, 0.05) is 19.0 Å². The maximum absolute atomic E-state index is 5.74. The van der Waals surface area contributed by atoms with Crippen LogP contribution in [0.3, 0.4) is 0 Å². The van der Waals surface area contributed by atoms with E-state index in [1.165, 1.54) is 0 Å². The van der Waals surface area contributed by atoms with E-state index in [4.69, 9.17) is 15.2 Å². The Kier molecular flexibility index (Phi) is 8.06. The normalized spacial score (nSPS) is 20.8. The van der Waals surface area contributed by atoms with Gasteiger partial charge in [-0.1, -0.05) is 6.92 Å². The molecule has 1 atom stereocenters. The largest absolute Gasteiger partial charge is 0.370 e. The molecule has 1 saturated heterocycles. The van der Waals surface area contributed by atoms with Crippen LogP contribution in [0.4, 0.5) is 0 Å². The topological polar surface area (TPSA) is 68.9 Å². The minimum atomic E-state index is -0.472. The maximum Gasteiger partial charge on any atom is 0.188 e. The number of aliphatic imine (C=N–C) groups is 1. The molecule has 1 heterocycles. The molecule has 0 spiro atoms. The van der Waals surface area contributed by atoms with Crippen LogP contribution >= 0.6 is 24.0 Å². The lowest BCUT2D eigenvalue weighted by molar-refractivity contribution is -0.144. The number of guanidine groups is 1. The second-order valence-electron chi connectivity index (χ2n) is 4.30. The molecule has 3 N–H and O–H groups in total. The van der Waals surface area contributed by atoms with E-state index in [0.717, 1.165) is 12.8 Å². The smallest absolute Gasteiger partial charge is 0.188 e. The highest BCUT2D eigenvalue weighted by atomic mass is 127. The van der Waals surface area contributed by atoms with E-state index >= 15 is 0 Å². The van der Waals surface area contributed by atoms with E-state index < -0.39 is 5.79 Å². The number of halogens is 1. The summed E-state index contributed by atoms with van der Waals surface area (Å²) in [5.74, 6) is 0.0242. The summed E-state index contributed by atoms with van der Waals surface area (Å²) in [6, 6.07) is 0.360. The Morgan fingerprint density at radius 1 is 1.47 bits per heavy atom. The van der Waals surface area contributed by atoms with Gasteiger partial charge < -0.3 is 20.5 Å². The van der Waals surface area contributed by atoms with E-state index in [0.29, 0.717) is 31.8 Å². The zero-order valence-corrected chi connectivity index (χ0v) is 13.2. The van der Waals surface area contributed by atoms with E-state index in [1.54, 1.807) is 0 Å². The predicted octanol–water partition coefficient (Wildman–Crippen LogP) is 1.46. The first kappa shape index (κ1) is 16.9. The van der Waals surface area contributed by atoms with Crippen molar-refractivity contribution in [3.05, 3.63) is 0 Å². The molecule has 0 aliphatic carbocycles. The average Bonchev–Trinajstić information content (AvgIpc) is 2.65. The molecule has 0 saturated carbocycles. The number of nitrogens with zero attached hydrogens (tertiary/aromatic N) is 1. The Balaban J connectivity index is 0.00000256. The average molecular weight is 357 g/mol. The SMILES string of the molecule is CCC(C)NC(N)=NCCC1(C)OCCO1.I. The molecule has 17 heavy (non-hydrogen) atoms. The van der Waals surface area contributed by atoms with E-state index in [9.17, 15) is 0 Å². The summed E-state index contributed by atoms with van der Waals surface area (Å²) in [4.78, 5) is 4.24. The lowest BCUT2D eigenvalue weighted by Gasteiger charge is -2.21. The number of hydrogen-bond acceptors (Lipinski definition) is 3. The molecule has 1 rings (SSSR count). The number of nitrogens with one attached hydrogen (secondary N) is 1. The minimum absolute atomic E-state index is 0. The van der Waals surface area contributed by atoms with Crippen LogP contribution in [0.15, 0.2) is 4.99 Å². The van der Waals surface area contributed by atoms with E-state index in [2.05, 4.69) is 24.2 Å². The van der Waals surface area contributed by atoms with Gasteiger partial charge in [-0.2, -0.15) is 0 Å². The number of hydrogen-bond donors (Lipinski definition) is 2. The molecule has 0 radical (unpaired) electrons. The Morgan fingerprint density at radius 3 is 2.59 bits per heavy atom. The molecule has 1 fully saturated rings. The first-order chi connectivity index (χ1) is 7.56. The Bertz CT molecular complexity index is 243. The minimum Gasteiger partial charge on any atom is -0.370 e. The first-order valence-electron chi connectivity index (χ1n) is 5.90. The Hall–Kier alpha value is -0.0800. The summed E-state index contributed by atoms with van der Waals surface area (Å²) in [5.41, 5.74) is 5.74. The van der Waals surface area contributed by atoms with Crippen LogP contribution in [-0.4, -0.2) is 37.5 Å². The number of rotatable bonds is 5. The van der Waals surface area contributed by atoms with Gasteiger partial charge >= 0.3 is 0 Å². The van der Waals surface area contributed by atoms with Crippen molar-refractivity contribution in [1.82, 2.24) is 5.32 Å². The van der Waals surface area contributed by atoms with Gasteiger partial charge in [-0.05, 0) is 20.3 Å². The summed E-state index contributed by atoms with van der Waals surface area (Å²) in [6.07, 6.45) is 1.76.